The second-order valence-corrected chi connectivity index (χ2v) is 6.33. The van der Waals surface area contributed by atoms with E-state index in [1.807, 2.05) is 35.7 Å². The zero-order chi connectivity index (χ0) is 14.4. The van der Waals surface area contributed by atoms with Crippen molar-refractivity contribution in [1.82, 2.24) is 4.98 Å². The number of nitrogens with one attached hydrogen (secondary N) is 1. The number of thiazole rings is 1. The number of carbonyl (C=O) groups excluding carboxylic acids is 1. The highest BCUT2D eigenvalue weighted by atomic mass is 32.2. The predicted octanol–water partition coefficient (Wildman–Crippen LogP) is 3.79. The first-order chi connectivity index (χ1) is 9.65. The standard InChI is InChI=1S/C15H15NO2S2/c1-11(17)19-9-3-2-4-12-5-7-13(8-6-12)14-10-20-15(18)16-14/h2,4-8,10H,3,9H2,1H3,(H,16,18). The van der Waals surface area contributed by atoms with Crippen molar-refractivity contribution in [2.24, 2.45) is 0 Å². The molecule has 0 amide bonds. The molecule has 0 saturated carbocycles. The maximum absolute atomic E-state index is 11.1. The molecule has 1 aromatic heterocycles. The molecule has 0 bridgehead atoms. The number of thioether (sulfide) groups is 1. The summed E-state index contributed by atoms with van der Waals surface area (Å²) in [5.74, 6) is 0.820. The molecule has 0 fully saturated rings. The molecular formula is C15H15NO2S2. The first-order valence-corrected chi connectivity index (χ1v) is 8.10. The van der Waals surface area contributed by atoms with Crippen LogP contribution >= 0.6 is 23.1 Å². The summed E-state index contributed by atoms with van der Waals surface area (Å²) in [7, 11) is 0. The van der Waals surface area contributed by atoms with Gasteiger partial charge in [0, 0.05) is 18.1 Å². The number of H-pyrrole nitrogens is 1. The fraction of sp³-hybridized carbons (Fsp3) is 0.200. The molecule has 0 aliphatic heterocycles. The van der Waals surface area contributed by atoms with Gasteiger partial charge in [0.15, 0.2) is 5.12 Å². The lowest BCUT2D eigenvalue weighted by molar-refractivity contribution is -0.109. The van der Waals surface area contributed by atoms with Gasteiger partial charge in [0.25, 0.3) is 0 Å². The molecule has 3 nitrogen and oxygen atoms in total. The molecule has 1 N–H and O–H groups in total. The van der Waals surface area contributed by atoms with E-state index in [0.717, 1.165) is 29.0 Å². The van der Waals surface area contributed by atoms with Crippen LogP contribution in [0.5, 0.6) is 0 Å². The summed E-state index contributed by atoms with van der Waals surface area (Å²) in [6, 6.07) is 8.00. The average Bonchev–Trinajstić information content (AvgIpc) is 2.85. The molecule has 2 aromatic rings. The van der Waals surface area contributed by atoms with Crippen molar-refractivity contribution in [2.75, 3.05) is 5.75 Å². The summed E-state index contributed by atoms with van der Waals surface area (Å²) in [6.45, 7) is 1.59. The first kappa shape index (κ1) is 14.8. The third-order valence-corrected chi connectivity index (χ3v) is 4.16. The van der Waals surface area contributed by atoms with Gasteiger partial charge in [-0.2, -0.15) is 0 Å². The van der Waals surface area contributed by atoms with Crippen LogP contribution < -0.4 is 4.87 Å². The highest BCUT2D eigenvalue weighted by Crippen LogP contribution is 2.18. The number of aromatic nitrogens is 1. The minimum atomic E-state index is -0.0352. The van der Waals surface area contributed by atoms with Gasteiger partial charge in [-0.15, -0.1) is 0 Å². The third-order valence-electron chi connectivity index (χ3n) is 2.64. The lowest BCUT2D eigenvalue weighted by atomic mass is 10.1. The molecule has 5 heteroatoms. The Morgan fingerprint density at radius 2 is 2.10 bits per heavy atom. The van der Waals surface area contributed by atoms with E-state index >= 15 is 0 Å². The van der Waals surface area contributed by atoms with Crippen molar-refractivity contribution in [3.05, 3.63) is 51.0 Å². The number of allylic oxidation sites excluding steroid dienone is 1. The van der Waals surface area contributed by atoms with Gasteiger partial charge in [0.2, 0.25) is 0 Å². The Hall–Kier alpha value is -1.59. The fourth-order valence-electron chi connectivity index (χ4n) is 1.69. The average molecular weight is 305 g/mol. The van der Waals surface area contributed by atoms with Crippen LogP contribution in [0.15, 0.2) is 40.5 Å². The number of aromatic amines is 1. The molecule has 0 aliphatic rings. The summed E-state index contributed by atoms with van der Waals surface area (Å²) in [5, 5.41) is 1.99. The predicted molar refractivity (Wildman–Crippen MR) is 87.2 cm³/mol. The summed E-state index contributed by atoms with van der Waals surface area (Å²) < 4.78 is 0. The van der Waals surface area contributed by atoms with Crippen LogP contribution in [0.2, 0.25) is 0 Å². The van der Waals surface area contributed by atoms with E-state index in [1.54, 1.807) is 6.92 Å². The van der Waals surface area contributed by atoms with Crippen molar-refractivity contribution in [3.8, 4) is 11.3 Å². The Labute approximate surface area is 125 Å². The van der Waals surface area contributed by atoms with Crippen molar-refractivity contribution in [2.45, 2.75) is 13.3 Å². The Morgan fingerprint density at radius 1 is 1.35 bits per heavy atom. The summed E-state index contributed by atoms with van der Waals surface area (Å²) >= 11 is 2.52. The topological polar surface area (TPSA) is 49.9 Å². The molecule has 1 heterocycles. The van der Waals surface area contributed by atoms with E-state index in [0.29, 0.717) is 0 Å². The molecule has 1 aromatic carbocycles. The van der Waals surface area contributed by atoms with Gasteiger partial charge >= 0.3 is 4.87 Å². The van der Waals surface area contributed by atoms with E-state index in [-0.39, 0.29) is 9.99 Å². The van der Waals surface area contributed by atoms with Gasteiger partial charge in [0.05, 0.1) is 5.69 Å². The first-order valence-electron chi connectivity index (χ1n) is 6.23. The van der Waals surface area contributed by atoms with Crippen molar-refractivity contribution in [3.63, 3.8) is 0 Å². The van der Waals surface area contributed by atoms with Gasteiger partial charge in [-0.1, -0.05) is 59.5 Å². The Balaban J connectivity index is 1.93. The van der Waals surface area contributed by atoms with Gasteiger partial charge in [0.1, 0.15) is 0 Å². The van der Waals surface area contributed by atoms with E-state index in [2.05, 4.69) is 11.1 Å². The Morgan fingerprint density at radius 3 is 2.70 bits per heavy atom. The Kier molecular flexibility index (Phi) is 5.38. The normalized spacial score (nSPS) is 11.1. The van der Waals surface area contributed by atoms with Gasteiger partial charge in [-0.3, -0.25) is 9.59 Å². The molecule has 0 saturated heterocycles. The molecule has 0 unspecified atom stereocenters. The molecule has 0 aliphatic carbocycles. The van der Waals surface area contributed by atoms with Crippen molar-refractivity contribution >= 4 is 34.3 Å². The van der Waals surface area contributed by atoms with E-state index in [1.165, 1.54) is 23.1 Å². The van der Waals surface area contributed by atoms with Crippen LogP contribution in [-0.2, 0) is 4.79 Å². The highest BCUT2D eigenvalue weighted by Gasteiger charge is 1.99. The van der Waals surface area contributed by atoms with E-state index in [9.17, 15) is 9.59 Å². The molecule has 0 spiro atoms. The number of rotatable bonds is 5. The molecule has 104 valence electrons. The van der Waals surface area contributed by atoms with Gasteiger partial charge in [-0.05, 0) is 17.5 Å². The monoisotopic (exact) mass is 305 g/mol. The third kappa shape index (κ3) is 4.51. The molecule has 2 rings (SSSR count). The van der Waals surface area contributed by atoms with Crippen molar-refractivity contribution < 1.29 is 4.79 Å². The highest BCUT2D eigenvalue weighted by molar-refractivity contribution is 8.13. The van der Waals surface area contributed by atoms with Crippen LogP contribution in [0.1, 0.15) is 18.9 Å². The molecule has 0 atom stereocenters. The smallest absolute Gasteiger partial charge is 0.304 e. The minimum Gasteiger partial charge on any atom is -0.312 e. The summed E-state index contributed by atoms with van der Waals surface area (Å²) in [6.07, 6.45) is 4.99. The zero-order valence-corrected chi connectivity index (χ0v) is 12.7. The van der Waals surface area contributed by atoms with Gasteiger partial charge < -0.3 is 4.98 Å². The van der Waals surface area contributed by atoms with E-state index < -0.39 is 0 Å². The Bertz CT molecular complexity index is 653. The number of benzene rings is 1. The largest absolute Gasteiger partial charge is 0.312 e. The zero-order valence-electron chi connectivity index (χ0n) is 11.1. The van der Waals surface area contributed by atoms with Crippen LogP contribution in [0.3, 0.4) is 0 Å². The van der Waals surface area contributed by atoms with Crippen LogP contribution in [0.4, 0.5) is 0 Å². The minimum absolute atomic E-state index is 0.0352. The maximum atomic E-state index is 11.1. The summed E-state index contributed by atoms with van der Waals surface area (Å²) in [5.41, 5.74) is 2.97. The number of hydrogen-bond donors (Lipinski definition) is 1. The maximum Gasteiger partial charge on any atom is 0.304 e. The van der Waals surface area contributed by atoms with Gasteiger partial charge in [-0.25, -0.2) is 0 Å². The van der Waals surface area contributed by atoms with Crippen molar-refractivity contribution in [1.29, 1.82) is 0 Å². The molecule has 0 radical (unpaired) electrons. The van der Waals surface area contributed by atoms with E-state index in [4.69, 9.17) is 0 Å². The van der Waals surface area contributed by atoms with Crippen LogP contribution in [0, 0.1) is 0 Å². The van der Waals surface area contributed by atoms with Crippen LogP contribution in [-0.4, -0.2) is 15.9 Å². The number of hydrogen-bond acceptors (Lipinski definition) is 4. The fourth-order valence-corrected chi connectivity index (χ4v) is 2.82. The molecular weight excluding hydrogens is 290 g/mol. The lowest BCUT2D eigenvalue weighted by Crippen LogP contribution is -1.92. The second-order valence-electron chi connectivity index (χ2n) is 4.21. The quantitative estimate of drug-likeness (QED) is 0.855. The summed E-state index contributed by atoms with van der Waals surface area (Å²) in [4.78, 5) is 24.6. The molecule has 20 heavy (non-hydrogen) atoms. The second kappa shape index (κ2) is 7.26. The van der Waals surface area contributed by atoms with Crippen LogP contribution in [0.25, 0.3) is 17.3 Å². The number of carbonyl (C=O) groups is 1. The SMILES string of the molecule is CC(=O)SCCC=Cc1ccc(-c2csc(=O)[nH]2)cc1. The lowest BCUT2D eigenvalue weighted by Gasteiger charge is -1.98.